The van der Waals surface area contributed by atoms with Crippen LogP contribution in [0, 0.1) is 46.3 Å². The normalized spacial score (nSPS) is 51.0. The fraction of sp³-hybridized carbons (Fsp3) is 0.827. The van der Waals surface area contributed by atoms with Gasteiger partial charge < -0.3 is 83.1 Å². The van der Waals surface area contributed by atoms with Crippen LogP contribution in [0.2, 0.25) is 0 Å². The molecule has 1 spiro atoms. The zero-order valence-corrected chi connectivity index (χ0v) is 41.2. The number of carbonyl (C=O) groups is 1. The fourth-order valence-electron chi connectivity index (χ4n) is 14.8. The van der Waals surface area contributed by atoms with E-state index in [0.717, 1.165) is 51.6 Å². The Morgan fingerprint density at radius 2 is 1.47 bits per heavy atom. The van der Waals surface area contributed by atoms with Gasteiger partial charge in [0.15, 0.2) is 24.7 Å². The van der Waals surface area contributed by atoms with Gasteiger partial charge in [-0.25, -0.2) is 4.79 Å². The number of hydrogen-bond acceptors (Lipinski definition) is 18. The molecule has 10 rings (SSSR count). The monoisotopic (exact) mass is 989 g/mol. The maximum Gasteiger partial charge on any atom is 0.338 e. The van der Waals surface area contributed by atoms with Crippen molar-refractivity contribution in [3.63, 3.8) is 0 Å². The van der Waals surface area contributed by atoms with Gasteiger partial charge in [-0.1, -0.05) is 39.3 Å². The molecule has 4 aliphatic carbocycles. The van der Waals surface area contributed by atoms with Gasteiger partial charge in [0.05, 0.1) is 44.2 Å². The molecule has 5 heterocycles. The van der Waals surface area contributed by atoms with Crippen molar-refractivity contribution in [2.24, 2.45) is 46.3 Å². The molecule has 5 unspecified atom stereocenters. The number of allylic oxidation sites excluding steroid dienone is 1. The molecule has 0 radical (unpaired) electrons. The van der Waals surface area contributed by atoms with E-state index < -0.39 is 111 Å². The quantitative estimate of drug-likeness (QED) is 0.124. The second kappa shape index (κ2) is 19.7. The topological polar surface area (TPSA) is 251 Å². The van der Waals surface area contributed by atoms with Gasteiger partial charge in [0.2, 0.25) is 0 Å². The van der Waals surface area contributed by atoms with Crippen molar-refractivity contribution in [1.82, 2.24) is 0 Å². The number of methoxy groups -OCH3 is 1. The Labute approximate surface area is 409 Å². The number of aliphatic hydroxyl groups excluding tert-OH is 7. The summed E-state index contributed by atoms with van der Waals surface area (Å²) in [7, 11) is 1.50. The van der Waals surface area contributed by atoms with E-state index in [-0.39, 0.29) is 28.6 Å². The van der Waals surface area contributed by atoms with Crippen LogP contribution < -0.4 is 4.74 Å². The molecule has 392 valence electrons. The molecule has 0 amide bonds. The minimum Gasteiger partial charge on any atom is -0.497 e. The first-order chi connectivity index (χ1) is 33.4. The summed E-state index contributed by atoms with van der Waals surface area (Å²) in [5, 5.41) is 77.1. The Kier molecular flexibility index (Phi) is 14.4. The minimum absolute atomic E-state index is 0.0424. The van der Waals surface area contributed by atoms with Gasteiger partial charge in [0.1, 0.15) is 73.4 Å². The first-order valence-corrected chi connectivity index (χ1v) is 25.8. The first kappa shape index (κ1) is 51.1. The third-order valence-corrected chi connectivity index (χ3v) is 18.9. The maximum absolute atomic E-state index is 12.8. The summed E-state index contributed by atoms with van der Waals surface area (Å²) < 4.78 is 61.2. The first-order valence-electron chi connectivity index (χ1n) is 25.8. The molecule has 1 aromatic rings. The zero-order chi connectivity index (χ0) is 49.6. The lowest BCUT2D eigenvalue weighted by Gasteiger charge is -2.58. The summed E-state index contributed by atoms with van der Waals surface area (Å²) in [6.45, 7) is 10.7. The van der Waals surface area contributed by atoms with Crippen molar-refractivity contribution in [2.45, 2.75) is 196 Å². The van der Waals surface area contributed by atoms with Crippen LogP contribution >= 0.6 is 0 Å². The Morgan fingerprint density at radius 3 is 2.19 bits per heavy atom. The lowest BCUT2D eigenvalue weighted by molar-refractivity contribution is -0.380. The van der Waals surface area contributed by atoms with Crippen LogP contribution in [0.1, 0.15) is 103 Å². The maximum atomic E-state index is 12.8. The molecule has 18 nitrogen and oxygen atoms in total. The molecule has 25 atom stereocenters. The van der Waals surface area contributed by atoms with Gasteiger partial charge in [0, 0.05) is 12.3 Å². The summed E-state index contributed by atoms with van der Waals surface area (Å²) >= 11 is 0. The lowest BCUT2D eigenvalue weighted by Crippen LogP contribution is -2.65. The number of aliphatic hydroxyl groups is 7. The van der Waals surface area contributed by atoms with Crippen LogP contribution in [0.4, 0.5) is 0 Å². The summed E-state index contributed by atoms with van der Waals surface area (Å²) in [4.78, 5) is 12.8. The van der Waals surface area contributed by atoms with Gasteiger partial charge in [-0.15, -0.1) is 0 Å². The Hall–Kier alpha value is -2.37. The highest BCUT2D eigenvalue weighted by atomic mass is 16.8. The summed E-state index contributed by atoms with van der Waals surface area (Å²) in [6.07, 6.45) is -9.86. The van der Waals surface area contributed by atoms with Gasteiger partial charge >= 0.3 is 5.97 Å². The van der Waals surface area contributed by atoms with Crippen LogP contribution in [0.5, 0.6) is 5.75 Å². The highest BCUT2D eigenvalue weighted by molar-refractivity contribution is 5.89. The smallest absolute Gasteiger partial charge is 0.338 e. The third kappa shape index (κ3) is 8.79. The molecule has 18 heteroatoms. The van der Waals surface area contributed by atoms with E-state index in [2.05, 4.69) is 33.8 Å². The van der Waals surface area contributed by atoms with Gasteiger partial charge in [-0.05, 0) is 123 Å². The second-order valence-corrected chi connectivity index (χ2v) is 22.7. The molecular weight excluding hydrogens is 913 g/mol. The van der Waals surface area contributed by atoms with E-state index in [1.807, 2.05) is 0 Å². The fourth-order valence-corrected chi connectivity index (χ4v) is 14.8. The molecule has 9 aliphatic rings. The van der Waals surface area contributed by atoms with Crippen molar-refractivity contribution in [1.29, 1.82) is 0 Å². The standard InChI is InChI=1S/C52H76O18/c1-24-13-18-52(63-22-24)25(2)37-34(70-52)20-33-31-12-9-28-19-30(14-16-50(28,4)32(31)15-17-51(33,37)5)65-49-45(69-47-42(58)40(56)38(54)26(3)64-47)43(59)44(35(21-53)66-49)68-48-41(57)39(55)36(67-48)23-62-46(60)27-7-10-29(61-6)11-8-27/h7-11,24-26,30-45,47-49,53-59H,12-23H2,1-6H3/t24-,25+,26+,30+,31?,32?,33?,34?,35-,36+,37?,38+,39+,40-,41-,42-,43+,44-,45-,47-,48-,49-,50+,51+,52-/m1/s1. The second-order valence-electron chi connectivity index (χ2n) is 22.7. The van der Waals surface area contributed by atoms with Gasteiger partial charge in [0.25, 0.3) is 0 Å². The average molecular weight is 989 g/mol. The summed E-state index contributed by atoms with van der Waals surface area (Å²) in [5.74, 6) is 2.37. The van der Waals surface area contributed by atoms with Crippen molar-refractivity contribution >= 4 is 5.97 Å². The number of carbonyl (C=O) groups excluding carboxylic acids is 1. The highest BCUT2D eigenvalue weighted by Crippen LogP contribution is 2.70. The number of ether oxygens (including phenoxy) is 10. The van der Waals surface area contributed by atoms with Gasteiger partial charge in [-0.2, -0.15) is 0 Å². The van der Waals surface area contributed by atoms with Crippen molar-refractivity contribution in [3.05, 3.63) is 41.5 Å². The number of esters is 1. The van der Waals surface area contributed by atoms with Crippen molar-refractivity contribution < 1.29 is 87.9 Å². The predicted molar refractivity (Wildman–Crippen MR) is 244 cm³/mol. The molecule has 5 saturated heterocycles. The molecule has 1 aromatic carbocycles. The Balaban J connectivity index is 0.826. The van der Waals surface area contributed by atoms with E-state index in [4.69, 9.17) is 47.4 Å². The van der Waals surface area contributed by atoms with Crippen LogP contribution in [0.25, 0.3) is 0 Å². The van der Waals surface area contributed by atoms with Gasteiger partial charge in [-0.3, -0.25) is 0 Å². The van der Waals surface area contributed by atoms with Crippen molar-refractivity contribution in [2.75, 3.05) is 26.9 Å². The average Bonchev–Trinajstić information content (AvgIpc) is 3.91. The van der Waals surface area contributed by atoms with Crippen LogP contribution in [-0.4, -0.2) is 173 Å². The Bertz CT molecular complexity index is 2030. The molecule has 0 aromatic heterocycles. The Morgan fingerprint density at radius 1 is 0.757 bits per heavy atom. The molecular formula is C52H76O18. The van der Waals surface area contributed by atoms with Crippen LogP contribution in [-0.2, 0) is 42.6 Å². The molecule has 7 N–H and O–H groups in total. The van der Waals surface area contributed by atoms with E-state index in [0.29, 0.717) is 54.1 Å². The van der Waals surface area contributed by atoms with E-state index in [1.165, 1.54) is 31.7 Å². The summed E-state index contributed by atoms with van der Waals surface area (Å²) in [5.41, 5.74) is 1.69. The molecule has 5 aliphatic heterocycles. The number of fused-ring (bicyclic) bond motifs is 7. The van der Waals surface area contributed by atoms with Crippen LogP contribution in [0.3, 0.4) is 0 Å². The minimum atomic E-state index is -1.74. The zero-order valence-electron chi connectivity index (χ0n) is 41.2. The third-order valence-electron chi connectivity index (χ3n) is 18.9. The largest absolute Gasteiger partial charge is 0.497 e. The SMILES string of the molecule is COc1ccc(C(=O)OC[C@@H]2O[C@H](O[C@H]3[C@H](O)[C@@H](O[C@H]4O[C@@H](C)[C@H](O)[C@@H](O)[C@H]4O)[C@H](O[C@H]4CC[C@@]5(C)C(=CCC6C7CC8O[C@]9(CC[C@@H](C)CO9)[C@@H](C)C8[C@@]7(C)CCC65)C4)O[C@@H]3CO)[C@H](O)[C@H]2O)cc1. The lowest BCUT2D eigenvalue weighted by atomic mass is 9.47. The molecule has 8 fully saturated rings. The molecule has 70 heavy (non-hydrogen) atoms. The van der Waals surface area contributed by atoms with E-state index in [9.17, 15) is 40.5 Å². The molecule has 3 saturated carbocycles. The number of rotatable bonds is 11. The predicted octanol–water partition coefficient (Wildman–Crippen LogP) is 2.73. The summed E-state index contributed by atoms with van der Waals surface area (Å²) in [6, 6.07) is 6.21. The highest BCUT2D eigenvalue weighted by Gasteiger charge is 2.69. The van der Waals surface area contributed by atoms with E-state index >= 15 is 0 Å². The number of benzene rings is 1. The van der Waals surface area contributed by atoms with E-state index in [1.54, 1.807) is 12.1 Å². The number of hydrogen-bond donors (Lipinski definition) is 7. The van der Waals surface area contributed by atoms with Crippen molar-refractivity contribution in [3.8, 4) is 5.75 Å². The molecule has 0 bridgehead atoms. The van der Waals surface area contributed by atoms with Crippen LogP contribution in [0.15, 0.2) is 35.9 Å².